The van der Waals surface area contributed by atoms with Gasteiger partial charge in [-0.25, -0.2) is 0 Å². The summed E-state index contributed by atoms with van der Waals surface area (Å²) in [5, 5.41) is 12.5. The third kappa shape index (κ3) is 1.90. The summed E-state index contributed by atoms with van der Waals surface area (Å²) in [6, 6.07) is 6.75. The first kappa shape index (κ1) is 9.53. The lowest BCUT2D eigenvalue weighted by Gasteiger charge is -2.15. The van der Waals surface area contributed by atoms with Crippen LogP contribution in [0.2, 0.25) is 0 Å². The number of nitrogens with one attached hydrogen (secondary N) is 1. The number of fused-ring (bicyclic) bond motifs is 1. The fraction of sp³-hybridized carbons (Fsp3) is 0.500. The van der Waals surface area contributed by atoms with Gasteiger partial charge in [-0.15, -0.1) is 0 Å². The highest BCUT2D eigenvalue weighted by molar-refractivity contribution is 5.54. The van der Waals surface area contributed by atoms with E-state index in [2.05, 4.69) is 30.4 Å². The van der Waals surface area contributed by atoms with Crippen molar-refractivity contribution >= 4 is 5.69 Å². The van der Waals surface area contributed by atoms with Crippen LogP contribution in [0, 0.1) is 6.92 Å². The van der Waals surface area contributed by atoms with Crippen molar-refractivity contribution in [1.29, 1.82) is 0 Å². The first-order valence-corrected chi connectivity index (χ1v) is 5.26. The molecule has 1 aliphatic heterocycles. The van der Waals surface area contributed by atoms with E-state index >= 15 is 0 Å². The van der Waals surface area contributed by atoms with E-state index in [0.29, 0.717) is 0 Å². The number of hydrogen-bond donors (Lipinski definition) is 2. The van der Waals surface area contributed by atoms with E-state index in [0.717, 1.165) is 19.3 Å². The smallest absolute Gasteiger partial charge is 0.0632 e. The highest BCUT2D eigenvalue weighted by atomic mass is 16.3. The number of aryl methyl sites for hydroxylation is 2. The normalized spacial score (nSPS) is 20.9. The van der Waals surface area contributed by atoms with E-state index in [1.807, 2.05) is 0 Å². The van der Waals surface area contributed by atoms with Crippen LogP contribution < -0.4 is 5.32 Å². The average Bonchev–Trinajstić information content (AvgIpc) is 2.38. The Kier molecular flexibility index (Phi) is 2.73. The van der Waals surface area contributed by atoms with Gasteiger partial charge in [-0.2, -0.15) is 0 Å². The Morgan fingerprint density at radius 3 is 3.14 bits per heavy atom. The predicted molar refractivity (Wildman–Crippen MR) is 58.6 cm³/mol. The van der Waals surface area contributed by atoms with E-state index in [1.165, 1.54) is 16.8 Å². The van der Waals surface area contributed by atoms with Gasteiger partial charge in [0.1, 0.15) is 0 Å². The second-order valence-electron chi connectivity index (χ2n) is 4.08. The molecule has 1 unspecified atom stereocenters. The Labute approximate surface area is 85.0 Å². The largest absolute Gasteiger partial charge is 0.394 e. The van der Waals surface area contributed by atoms with Crippen LogP contribution in [-0.2, 0) is 6.42 Å². The van der Waals surface area contributed by atoms with Crippen LogP contribution in [0.5, 0.6) is 0 Å². The molecule has 14 heavy (non-hydrogen) atoms. The summed E-state index contributed by atoms with van der Waals surface area (Å²) in [6.45, 7) is 2.33. The summed E-state index contributed by atoms with van der Waals surface area (Å²) in [5.74, 6) is 0. The predicted octanol–water partition coefficient (Wildman–Crippen LogP) is 2.10. The fourth-order valence-electron chi connectivity index (χ4n) is 2.01. The molecule has 0 aliphatic carbocycles. The third-order valence-corrected chi connectivity index (χ3v) is 2.84. The van der Waals surface area contributed by atoms with Gasteiger partial charge in [-0.05, 0) is 43.4 Å². The minimum absolute atomic E-state index is 0.230. The van der Waals surface area contributed by atoms with Crippen molar-refractivity contribution in [2.75, 3.05) is 11.9 Å². The number of rotatable bonds is 1. The van der Waals surface area contributed by atoms with Crippen LogP contribution in [-0.4, -0.2) is 17.8 Å². The number of aliphatic hydroxyl groups is 1. The van der Waals surface area contributed by atoms with Crippen molar-refractivity contribution in [3.63, 3.8) is 0 Å². The van der Waals surface area contributed by atoms with Gasteiger partial charge in [0.25, 0.3) is 0 Å². The molecular weight excluding hydrogens is 174 g/mol. The number of anilines is 1. The maximum absolute atomic E-state index is 9.15. The maximum Gasteiger partial charge on any atom is 0.0632 e. The number of benzene rings is 1. The van der Waals surface area contributed by atoms with E-state index in [4.69, 9.17) is 5.11 Å². The lowest BCUT2D eigenvalue weighted by molar-refractivity contribution is 0.268. The summed E-state index contributed by atoms with van der Waals surface area (Å²) in [4.78, 5) is 0. The fourth-order valence-corrected chi connectivity index (χ4v) is 2.01. The molecule has 0 fully saturated rings. The van der Waals surface area contributed by atoms with Gasteiger partial charge in [0, 0.05) is 11.7 Å². The molecule has 2 nitrogen and oxygen atoms in total. The minimum Gasteiger partial charge on any atom is -0.394 e. The van der Waals surface area contributed by atoms with Crippen LogP contribution in [0.1, 0.15) is 24.0 Å². The summed E-state index contributed by atoms with van der Waals surface area (Å²) < 4.78 is 0. The molecule has 1 aliphatic rings. The van der Waals surface area contributed by atoms with Gasteiger partial charge in [0.15, 0.2) is 0 Å². The molecule has 1 aromatic carbocycles. The molecule has 1 atom stereocenters. The monoisotopic (exact) mass is 191 g/mol. The van der Waals surface area contributed by atoms with Crippen molar-refractivity contribution in [3.8, 4) is 0 Å². The molecule has 0 aromatic heterocycles. The first-order valence-electron chi connectivity index (χ1n) is 5.26. The zero-order valence-electron chi connectivity index (χ0n) is 8.59. The second-order valence-corrected chi connectivity index (χ2v) is 4.08. The molecule has 2 rings (SSSR count). The molecule has 0 spiro atoms. The first-order chi connectivity index (χ1) is 6.79. The summed E-state index contributed by atoms with van der Waals surface area (Å²) in [5.41, 5.74) is 3.86. The summed E-state index contributed by atoms with van der Waals surface area (Å²) in [7, 11) is 0. The van der Waals surface area contributed by atoms with Crippen LogP contribution in [0.25, 0.3) is 0 Å². The van der Waals surface area contributed by atoms with Crippen molar-refractivity contribution in [3.05, 3.63) is 29.3 Å². The second kappa shape index (κ2) is 4.01. The van der Waals surface area contributed by atoms with E-state index in [-0.39, 0.29) is 12.6 Å². The van der Waals surface area contributed by atoms with Gasteiger partial charge >= 0.3 is 0 Å². The number of aliphatic hydroxyl groups excluding tert-OH is 1. The number of hydrogen-bond acceptors (Lipinski definition) is 2. The van der Waals surface area contributed by atoms with Crippen molar-refractivity contribution in [2.45, 2.75) is 32.2 Å². The van der Waals surface area contributed by atoms with Gasteiger partial charge in [0.2, 0.25) is 0 Å². The van der Waals surface area contributed by atoms with Gasteiger partial charge < -0.3 is 10.4 Å². The van der Waals surface area contributed by atoms with Crippen LogP contribution in [0.4, 0.5) is 5.69 Å². The molecule has 1 aromatic rings. The highest BCUT2D eigenvalue weighted by Crippen LogP contribution is 2.24. The van der Waals surface area contributed by atoms with Gasteiger partial charge in [0.05, 0.1) is 6.61 Å². The van der Waals surface area contributed by atoms with Crippen LogP contribution in [0.3, 0.4) is 0 Å². The molecule has 1 heterocycles. The Hall–Kier alpha value is -1.02. The standard InChI is InChI=1S/C12H17NO/c1-9-5-6-10-3-2-4-11(8-14)13-12(10)7-9/h5-7,11,13-14H,2-4,8H2,1H3. The molecule has 0 bridgehead atoms. The third-order valence-electron chi connectivity index (χ3n) is 2.84. The maximum atomic E-state index is 9.15. The Morgan fingerprint density at radius 1 is 1.50 bits per heavy atom. The summed E-state index contributed by atoms with van der Waals surface area (Å²) >= 11 is 0. The molecule has 0 saturated carbocycles. The quantitative estimate of drug-likeness (QED) is 0.712. The highest BCUT2D eigenvalue weighted by Gasteiger charge is 2.14. The molecule has 2 heteroatoms. The molecule has 2 N–H and O–H groups in total. The molecule has 0 saturated heterocycles. The van der Waals surface area contributed by atoms with Crippen LogP contribution in [0.15, 0.2) is 18.2 Å². The zero-order chi connectivity index (χ0) is 9.97. The Bertz CT molecular complexity index is 322. The topological polar surface area (TPSA) is 32.3 Å². The Balaban J connectivity index is 2.28. The molecule has 0 radical (unpaired) electrons. The van der Waals surface area contributed by atoms with E-state index < -0.39 is 0 Å². The van der Waals surface area contributed by atoms with E-state index in [9.17, 15) is 0 Å². The average molecular weight is 191 g/mol. The Morgan fingerprint density at radius 2 is 2.36 bits per heavy atom. The zero-order valence-corrected chi connectivity index (χ0v) is 8.59. The molecular formula is C12H17NO. The molecule has 0 amide bonds. The van der Waals surface area contributed by atoms with Crippen molar-refractivity contribution < 1.29 is 5.11 Å². The van der Waals surface area contributed by atoms with E-state index in [1.54, 1.807) is 0 Å². The van der Waals surface area contributed by atoms with Crippen molar-refractivity contribution in [1.82, 2.24) is 0 Å². The van der Waals surface area contributed by atoms with Crippen LogP contribution >= 0.6 is 0 Å². The van der Waals surface area contributed by atoms with Crippen molar-refractivity contribution in [2.24, 2.45) is 0 Å². The SMILES string of the molecule is Cc1ccc2c(c1)NC(CO)CCC2. The molecule has 76 valence electrons. The lowest BCUT2D eigenvalue weighted by Crippen LogP contribution is -2.22. The summed E-state index contributed by atoms with van der Waals surface area (Å²) in [6.07, 6.45) is 3.34. The van der Waals surface area contributed by atoms with Gasteiger partial charge in [-0.3, -0.25) is 0 Å². The van der Waals surface area contributed by atoms with Gasteiger partial charge in [-0.1, -0.05) is 12.1 Å². The minimum atomic E-state index is 0.230. The lowest BCUT2D eigenvalue weighted by atomic mass is 10.1.